The first-order chi connectivity index (χ1) is 9.69. The highest BCUT2D eigenvalue weighted by molar-refractivity contribution is 6.01. The minimum Gasteiger partial charge on any atom is -0.320 e. The lowest BCUT2D eigenvalue weighted by Gasteiger charge is -2.02. The van der Waals surface area contributed by atoms with Crippen molar-refractivity contribution in [3.8, 4) is 6.07 Å². The molecule has 2 aromatic rings. The van der Waals surface area contributed by atoms with Crippen LogP contribution in [0.2, 0.25) is 0 Å². The van der Waals surface area contributed by atoms with Crippen LogP contribution in [0.5, 0.6) is 0 Å². The number of para-hydroxylation sites is 1. The van der Waals surface area contributed by atoms with Crippen molar-refractivity contribution in [2.24, 2.45) is 0 Å². The number of benzene rings is 2. The maximum absolute atomic E-state index is 13.3. The molecule has 1 N–H and O–H groups in total. The van der Waals surface area contributed by atoms with E-state index in [1.807, 2.05) is 6.07 Å². The van der Waals surface area contributed by atoms with E-state index in [1.54, 1.807) is 42.5 Å². The smallest absolute Gasteiger partial charge is 0.248 e. The van der Waals surface area contributed by atoms with Crippen LogP contribution >= 0.6 is 0 Å². The number of halogens is 1. The van der Waals surface area contributed by atoms with E-state index < -0.39 is 11.7 Å². The van der Waals surface area contributed by atoms with Gasteiger partial charge in [0, 0.05) is 6.08 Å². The van der Waals surface area contributed by atoms with Gasteiger partial charge in [-0.15, -0.1) is 0 Å². The van der Waals surface area contributed by atoms with E-state index in [-0.39, 0.29) is 5.69 Å². The van der Waals surface area contributed by atoms with Gasteiger partial charge >= 0.3 is 0 Å². The molecule has 0 atom stereocenters. The monoisotopic (exact) mass is 266 g/mol. The van der Waals surface area contributed by atoms with Crippen LogP contribution in [0.3, 0.4) is 0 Å². The molecule has 0 aliphatic heterocycles. The molecule has 0 aliphatic carbocycles. The predicted octanol–water partition coefficient (Wildman–Crippen LogP) is 3.35. The summed E-state index contributed by atoms with van der Waals surface area (Å²) in [5.74, 6) is -0.896. The molecule has 0 saturated heterocycles. The van der Waals surface area contributed by atoms with Gasteiger partial charge in [0.2, 0.25) is 5.91 Å². The van der Waals surface area contributed by atoms with Crippen LogP contribution in [0.25, 0.3) is 6.08 Å². The highest BCUT2D eigenvalue weighted by atomic mass is 19.1. The number of hydrogen-bond acceptors (Lipinski definition) is 2. The van der Waals surface area contributed by atoms with Gasteiger partial charge in [0.25, 0.3) is 0 Å². The van der Waals surface area contributed by atoms with Gasteiger partial charge < -0.3 is 5.32 Å². The van der Waals surface area contributed by atoms with Crippen LogP contribution in [0, 0.1) is 17.1 Å². The van der Waals surface area contributed by atoms with Crippen molar-refractivity contribution in [1.82, 2.24) is 0 Å². The summed E-state index contributed by atoms with van der Waals surface area (Å²) in [5, 5.41) is 11.1. The van der Waals surface area contributed by atoms with Gasteiger partial charge in [0.1, 0.15) is 5.82 Å². The summed E-state index contributed by atoms with van der Waals surface area (Å²) < 4.78 is 13.3. The molecule has 4 heteroatoms. The minimum absolute atomic E-state index is 0.141. The second kappa shape index (κ2) is 6.30. The third-order valence-electron chi connectivity index (χ3n) is 2.60. The molecule has 98 valence electrons. The summed E-state index contributed by atoms with van der Waals surface area (Å²) in [6.07, 6.45) is 2.91. The molecule has 0 heterocycles. The Morgan fingerprint density at radius 3 is 2.50 bits per heavy atom. The Morgan fingerprint density at radius 2 is 1.85 bits per heavy atom. The van der Waals surface area contributed by atoms with E-state index in [4.69, 9.17) is 5.26 Å². The Balaban J connectivity index is 2.02. The summed E-state index contributed by atoms with van der Waals surface area (Å²) in [4.78, 5) is 11.6. The SMILES string of the molecule is N#Cc1ccc(/C=C/C(=O)Nc2ccccc2F)cc1. The third kappa shape index (κ3) is 3.53. The number of nitrogens with zero attached hydrogens (tertiary/aromatic N) is 1. The Kier molecular flexibility index (Phi) is 4.25. The fourth-order valence-electron chi connectivity index (χ4n) is 1.58. The van der Waals surface area contributed by atoms with Crippen molar-refractivity contribution in [1.29, 1.82) is 5.26 Å². The predicted molar refractivity (Wildman–Crippen MR) is 75.2 cm³/mol. The first-order valence-electron chi connectivity index (χ1n) is 5.93. The molecule has 0 fully saturated rings. The summed E-state index contributed by atoms with van der Waals surface area (Å²) >= 11 is 0. The molecule has 0 bridgehead atoms. The van der Waals surface area contributed by atoms with Crippen molar-refractivity contribution in [3.63, 3.8) is 0 Å². The van der Waals surface area contributed by atoms with Crippen molar-refractivity contribution >= 4 is 17.7 Å². The van der Waals surface area contributed by atoms with E-state index in [9.17, 15) is 9.18 Å². The summed E-state index contributed by atoms with van der Waals surface area (Å²) in [6.45, 7) is 0. The molecule has 0 saturated carbocycles. The number of nitriles is 1. The van der Waals surface area contributed by atoms with E-state index >= 15 is 0 Å². The van der Waals surface area contributed by atoms with Gasteiger partial charge in [-0.25, -0.2) is 4.39 Å². The van der Waals surface area contributed by atoms with E-state index in [0.29, 0.717) is 5.56 Å². The van der Waals surface area contributed by atoms with Crippen LogP contribution in [0.15, 0.2) is 54.6 Å². The first-order valence-corrected chi connectivity index (χ1v) is 5.93. The number of amides is 1. The second-order valence-corrected chi connectivity index (χ2v) is 4.04. The average Bonchev–Trinajstić information content (AvgIpc) is 2.48. The molecule has 1 amide bonds. The topological polar surface area (TPSA) is 52.9 Å². The molecule has 2 aromatic carbocycles. The van der Waals surface area contributed by atoms with Crippen molar-refractivity contribution < 1.29 is 9.18 Å². The maximum atomic E-state index is 13.3. The summed E-state index contributed by atoms with van der Waals surface area (Å²) in [5.41, 5.74) is 1.48. The Bertz CT molecular complexity index is 684. The number of nitrogens with one attached hydrogen (secondary N) is 1. The van der Waals surface area contributed by atoms with Gasteiger partial charge in [-0.3, -0.25) is 4.79 Å². The number of rotatable bonds is 3. The van der Waals surface area contributed by atoms with E-state index in [1.165, 1.54) is 18.2 Å². The standard InChI is InChI=1S/C16H11FN2O/c17-14-3-1-2-4-15(14)19-16(20)10-9-12-5-7-13(11-18)8-6-12/h1-10H,(H,19,20)/b10-9+. The number of anilines is 1. The zero-order valence-electron chi connectivity index (χ0n) is 10.5. The van der Waals surface area contributed by atoms with Crippen LogP contribution in [-0.4, -0.2) is 5.91 Å². The Morgan fingerprint density at radius 1 is 1.15 bits per heavy atom. The van der Waals surface area contributed by atoms with E-state index in [0.717, 1.165) is 5.56 Å². The average molecular weight is 266 g/mol. The highest BCUT2D eigenvalue weighted by Crippen LogP contribution is 2.12. The second-order valence-electron chi connectivity index (χ2n) is 4.04. The Hall–Kier alpha value is -2.93. The third-order valence-corrected chi connectivity index (χ3v) is 2.60. The summed E-state index contributed by atoms with van der Waals surface area (Å²) in [6, 6.07) is 14.8. The Labute approximate surface area is 116 Å². The first kappa shape index (κ1) is 13.5. The molecule has 20 heavy (non-hydrogen) atoms. The fraction of sp³-hybridized carbons (Fsp3) is 0. The molecule has 0 unspecified atom stereocenters. The van der Waals surface area contributed by atoms with Crippen LogP contribution in [-0.2, 0) is 4.79 Å². The van der Waals surface area contributed by atoms with Crippen molar-refractivity contribution in [2.75, 3.05) is 5.32 Å². The lowest BCUT2D eigenvalue weighted by Crippen LogP contribution is -2.08. The van der Waals surface area contributed by atoms with Crippen molar-refractivity contribution in [2.45, 2.75) is 0 Å². The molecule has 0 aromatic heterocycles. The number of carbonyl (C=O) groups excluding carboxylic acids is 1. The van der Waals surface area contributed by atoms with E-state index in [2.05, 4.69) is 5.32 Å². The quantitative estimate of drug-likeness (QED) is 0.866. The number of hydrogen-bond donors (Lipinski definition) is 1. The lowest BCUT2D eigenvalue weighted by atomic mass is 10.1. The minimum atomic E-state index is -0.479. The van der Waals surface area contributed by atoms with Crippen LogP contribution in [0.1, 0.15) is 11.1 Å². The molecule has 2 rings (SSSR count). The molecule has 3 nitrogen and oxygen atoms in total. The maximum Gasteiger partial charge on any atom is 0.248 e. The molecule has 0 spiro atoms. The molecule has 0 radical (unpaired) electrons. The van der Waals surface area contributed by atoms with Gasteiger partial charge in [0.05, 0.1) is 17.3 Å². The number of carbonyl (C=O) groups is 1. The van der Waals surface area contributed by atoms with Crippen LogP contribution < -0.4 is 5.32 Å². The molecule has 0 aliphatic rings. The van der Waals surface area contributed by atoms with Crippen LogP contribution in [0.4, 0.5) is 10.1 Å². The van der Waals surface area contributed by atoms with Crippen molar-refractivity contribution in [3.05, 3.63) is 71.6 Å². The van der Waals surface area contributed by atoms with Gasteiger partial charge in [0.15, 0.2) is 0 Å². The molecular weight excluding hydrogens is 255 g/mol. The fourth-order valence-corrected chi connectivity index (χ4v) is 1.58. The highest BCUT2D eigenvalue weighted by Gasteiger charge is 2.02. The van der Waals surface area contributed by atoms with Gasteiger partial charge in [-0.2, -0.15) is 5.26 Å². The normalized spacial score (nSPS) is 10.2. The summed E-state index contributed by atoms with van der Waals surface area (Å²) in [7, 11) is 0. The van der Waals surface area contributed by atoms with Gasteiger partial charge in [-0.1, -0.05) is 24.3 Å². The largest absolute Gasteiger partial charge is 0.320 e. The zero-order chi connectivity index (χ0) is 14.4. The van der Waals surface area contributed by atoms with Gasteiger partial charge in [-0.05, 0) is 35.9 Å². The lowest BCUT2D eigenvalue weighted by molar-refractivity contribution is -0.111. The zero-order valence-corrected chi connectivity index (χ0v) is 10.5. The molecular formula is C16H11FN2O.